The van der Waals surface area contributed by atoms with Crippen LogP contribution in [0.2, 0.25) is 10.0 Å². The molecule has 1 unspecified atom stereocenters. The van der Waals surface area contributed by atoms with Gasteiger partial charge in [-0.3, -0.25) is 14.7 Å². The second-order valence-electron chi connectivity index (χ2n) is 8.18. The molecule has 0 spiro atoms. The lowest BCUT2D eigenvalue weighted by molar-refractivity contribution is -0.384. The Hall–Kier alpha value is -4.52. The van der Waals surface area contributed by atoms with E-state index in [4.69, 9.17) is 23.2 Å². The van der Waals surface area contributed by atoms with Gasteiger partial charge in [-0.05, 0) is 53.9 Å². The van der Waals surface area contributed by atoms with Crippen LogP contribution in [-0.2, 0) is 0 Å². The largest absolute Gasteiger partial charge is 0.354 e. The van der Waals surface area contributed by atoms with Crippen LogP contribution in [0.3, 0.4) is 0 Å². The number of anilines is 2. The molecule has 0 bridgehead atoms. The standard InChI is InChI=1S/C26H17Cl2N7O2/c1-15-10-18(19(12-29)16-6-8-17(27)9-7-16)20(28)11-22(15)33-25-24(35(36)37)26(31-13-30-25)34-14-32-21-4-2-3-5-23(21)34/h2-11,13-14,19H,1H3,(H,30,31,33). The second-order valence-corrected chi connectivity index (χ2v) is 9.03. The van der Waals surface area contributed by atoms with Crippen LogP contribution < -0.4 is 5.32 Å². The fourth-order valence-electron chi connectivity index (χ4n) is 4.10. The molecule has 37 heavy (non-hydrogen) atoms. The Kier molecular flexibility index (Phi) is 6.44. The number of nitrogens with zero attached hydrogens (tertiary/aromatic N) is 6. The van der Waals surface area contributed by atoms with Gasteiger partial charge in [0.05, 0.1) is 27.9 Å². The minimum Gasteiger partial charge on any atom is -0.334 e. The normalized spacial score (nSPS) is 11.7. The van der Waals surface area contributed by atoms with Crippen LogP contribution in [0, 0.1) is 28.4 Å². The Balaban J connectivity index is 1.55. The highest BCUT2D eigenvalue weighted by molar-refractivity contribution is 6.32. The van der Waals surface area contributed by atoms with E-state index in [2.05, 4.69) is 26.3 Å². The molecule has 0 aliphatic rings. The zero-order chi connectivity index (χ0) is 26.1. The third kappa shape index (κ3) is 4.56. The number of nitriles is 1. The molecule has 0 aliphatic heterocycles. The molecule has 0 saturated heterocycles. The molecule has 0 fully saturated rings. The summed E-state index contributed by atoms with van der Waals surface area (Å²) in [4.78, 5) is 24.3. The molecular weight excluding hydrogens is 513 g/mol. The molecule has 182 valence electrons. The molecule has 0 radical (unpaired) electrons. The van der Waals surface area contributed by atoms with Crippen molar-refractivity contribution in [3.8, 4) is 11.9 Å². The van der Waals surface area contributed by atoms with Crippen molar-refractivity contribution in [1.82, 2.24) is 19.5 Å². The van der Waals surface area contributed by atoms with Crippen molar-refractivity contribution >= 4 is 51.4 Å². The zero-order valence-electron chi connectivity index (χ0n) is 19.3. The predicted octanol–water partition coefficient (Wildman–Crippen LogP) is 6.74. The fraction of sp³-hybridized carbons (Fsp3) is 0.0769. The first-order chi connectivity index (χ1) is 17.9. The van der Waals surface area contributed by atoms with E-state index < -0.39 is 10.8 Å². The fourth-order valence-corrected chi connectivity index (χ4v) is 4.50. The molecule has 11 heteroatoms. The maximum Gasteiger partial charge on any atom is 0.354 e. The maximum atomic E-state index is 12.2. The first-order valence-electron chi connectivity index (χ1n) is 11.0. The Labute approximate surface area is 221 Å². The van der Waals surface area contributed by atoms with Crippen molar-refractivity contribution in [3.05, 3.63) is 110 Å². The molecule has 0 amide bonds. The van der Waals surface area contributed by atoms with E-state index in [1.807, 2.05) is 25.1 Å². The minimum absolute atomic E-state index is 0.00534. The van der Waals surface area contributed by atoms with Crippen molar-refractivity contribution in [2.45, 2.75) is 12.8 Å². The SMILES string of the molecule is Cc1cc(C(C#N)c2ccc(Cl)cc2)c(Cl)cc1Nc1ncnc(-n2cnc3ccccc32)c1[N+](=O)[O-]. The van der Waals surface area contributed by atoms with Gasteiger partial charge in [0.15, 0.2) is 0 Å². The first kappa shape index (κ1) is 24.2. The second kappa shape index (κ2) is 9.85. The first-order valence-corrected chi connectivity index (χ1v) is 11.8. The lowest BCUT2D eigenvalue weighted by atomic mass is 9.91. The van der Waals surface area contributed by atoms with Gasteiger partial charge in [0.2, 0.25) is 11.6 Å². The van der Waals surface area contributed by atoms with Gasteiger partial charge < -0.3 is 5.32 Å². The third-order valence-electron chi connectivity index (χ3n) is 5.91. The summed E-state index contributed by atoms with van der Waals surface area (Å²) < 4.78 is 1.55. The lowest BCUT2D eigenvalue weighted by Gasteiger charge is -2.16. The Morgan fingerprint density at radius 3 is 2.57 bits per heavy atom. The number of hydrogen-bond donors (Lipinski definition) is 1. The summed E-state index contributed by atoms with van der Waals surface area (Å²) in [6.45, 7) is 1.82. The van der Waals surface area contributed by atoms with Gasteiger partial charge in [-0.25, -0.2) is 15.0 Å². The Morgan fingerprint density at radius 2 is 1.84 bits per heavy atom. The summed E-state index contributed by atoms with van der Waals surface area (Å²) in [5.41, 5.74) is 3.61. The highest BCUT2D eigenvalue weighted by Gasteiger charge is 2.26. The van der Waals surface area contributed by atoms with Crippen LogP contribution in [0.4, 0.5) is 17.2 Å². The van der Waals surface area contributed by atoms with Crippen LogP contribution in [0.25, 0.3) is 16.9 Å². The number of nitrogens with one attached hydrogen (secondary N) is 1. The van der Waals surface area contributed by atoms with Crippen molar-refractivity contribution in [1.29, 1.82) is 5.26 Å². The molecular formula is C26H17Cl2N7O2. The quantitative estimate of drug-likeness (QED) is 0.191. The van der Waals surface area contributed by atoms with Gasteiger partial charge in [-0.15, -0.1) is 0 Å². The number of nitro groups is 1. The highest BCUT2D eigenvalue weighted by atomic mass is 35.5. The van der Waals surface area contributed by atoms with E-state index in [0.29, 0.717) is 32.3 Å². The molecule has 9 nitrogen and oxygen atoms in total. The number of para-hydroxylation sites is 2. The van der Waals surface area contributed by atoms with Crippen molar-refractivity contribution < 1.29 is 4.92 Å². The number of hydrogen-bond acceptors (Lipinski definition) is 7. The molecule has 0 saturated carbocycles. The van der Waals surface area contributed by atoms with Crippen LogP contribution in [0.5, 0.6) is 0 Å². The third-order valence-corrected chi connectivity index (χ3v) is 6.49. The molecule has 5 aromatic rings. The Bertz CT molecular complexity index is 1690. The van der Waals surface area contributed by atoms with Crippen molar-refractivity contribution in [2.24, 2.45) is 0 Å². The van der Waals surface area contributed by atoms with Gasteiger partial charge in [-0.2, -0.15) is 5.26 Å². The van der Waals surface area contributed by atoms with Gasteiger partial charge in [0.25, 0.3) is 0 Å². The van der Waals surface area contributed by atoms with Crippen LogP contribution in [0.1, 0.15) is 22.6 Å². The molecule has 1 atom stereocenters. The summed E-state index contributed by atoms with van der Waals surface area (Å²) in [6, 6.07) is 19.9. The summed E-state index contributed by atoms with van der Waals surface area (Å²) in [5, 5.41) is 25.9. The van der Waals surface area contributed by atoms with Crippen molar-refractivity contribution in [3.63, 3.8) is 0 Å². The lowest BCUT2D eigenvalue weighted by Crippen LogP contribution is -2.08. The van der Waals surface area contributed by atoms with E-state index in [-0.39, 0.29) is 17.3 Å². The van der Waals surface area contributed by atoms with E-state index in [0.717, 1.165) is 11.1 Å². The average Bonchev–Trinajstić information content (AvgIpc) is 3.32. The number of aromatic nitrogens is 4. The van der Waals surface area contributed by atoms with Gasteiger partial charge in [0, 0.05) is 15.7 Å². The summed E-state index contributed by atoms with van der Waals surface area (Å²) in [7, 11) is 0. The summed E-state index contributed by atoms with van der Waals surface area (Å²) >= 11 is 12.6. The highest BCUT2D eigenvalue weighted by Crippen LogP contribution is 2.37. The zero-order valence-corrected chi connectivity index (χ0v) is 20.8. The van der Waals surface area contributed by atoms with E-state index >= 15 is 0 Å². The Morgan fingerprint density at radius 1 is 1.08 bits per heavy atom. The van der Waals surface area contributed by atoms with Crippen LogP contribution in [-0.4, -0.2) is 24.4 Å². The van der Waals surface area contributed by atoms with Crippen LogP contribution >= 0.6 is 23.2 Å². The number of halogens is 2. The maximum absolute atomic E-state index is 12.2. The minimum atomic E-state index is -0.618. The molecule has 2 heterocycles. The predicted molar refractivity (Wildman–Crippen MR) is 142 cm³/mol. The number of fused-ring (bicyclic) bond motifs is 1. The molecule has 5 rings (SSSR count). The monoisotopic (exact) mass is 529 g/mol. The molecule has 1 N–H and O–H groups in total. The number of rotatable bonds is 6. The van der Waals surface area contributed by atoms with E-state index in [1.165, 1.54) is 12.7 Å². The number of aryl methyl sites for hydroxylation is 1. The van der Waals surface area contributed by atoms with E-state index in [9.17, 15) is 15.4 Å². The van der Waals surface area contributed by atoms with Crippen LogP contribution in [0.15, 0.2) is 73.3 Å². The smallest absolute Gasteiger partial charge is 0.334 e. The topological polar surface area (TPSA) is 123 Å². The average molecular weight is 530 g/mol. The van der Waals surface area contributed by atoms with Gasteiger partial charge in [0.1, 0.15) is 12.7 Å². The molecule has 2 aromatic heterocycles. The van der Waals surface area contributed by atoms with Gasteiger partial charge in [-0.1, -0.05) is 53.5 Å². The molecule has 0 aliphatic carbocycles. The summed E-state index contributed by atoms with van der Waals surface area (Å²) in [6.07, 6.45) is 2.73. The number of benzene rings is 3. The van der Waals surface area contributed by atoms with Gasteiger partial charge >= 0.3 is 5.69 Å². The van der Waals surface area contributed by atoms with E-state index in [1.54, 1.807) is 47.0 Å². The number of imidazole rings is 1. The van der Waals surface area contributed by atoms with Crippen molar-refractivity contribution in [2.75, 3.05) is 5.32 Å². The molecule has 3 aromatic carbocycles. The summed E-state index contributed by atoms with van der Waals surface area (Å²) in [5.74, 6) is -0.551.